The Morgan fingerprint density at radius 3 is 2.43 bits per heavy atom. The highest BCUT2D eigenvalue weighted by Crippen LogP contribution is 2.27. The van der Waals surface area contributed by atoms with Crippen LogP contribution in [0.25, 0.3) is 0 Å². The van der Waals surface area contributed by atoms with Crippen LogP contribution in [0.4, 0.5) is 5.82 Å². The highest BCUT2D eigenvalue weighted by atomic mass is 35.5. The van der Waals surface area contributed by atoms with Gasteiger partial charge in [0.05, 0.1) is 14.9 Å². The summed E-state index contributed by atoms with van der Waals surface area (Å²) in [6.07, 6.45) is 1.59. The van der Waals surface area contributed by atoms with E-state index in [2.05, 4.69) is 9.88 Å². The van der Waals surface area contributed by atoms with Gasteiger partial charge in [-0.2, -0.15) is 0 Å². The number of carbonyl (C=O) groups excluding carboxylic acids is 1. The molecule has 0 spiro atoms. The third-order valence-electron chi connectivity index (χ3n) is 4.03. The Morgan fingerprint density at radius 1 is 1.17 bits per heavy atom. The van der Waals surface area contributed by atoms with Gasteiger partial charge in [0.25, 0.3) is 5.91 Å². The van der Waals surface area contributed by atoms with Gasteiger partial charge < -0.3 is 9.80 Å². The summed E-state index contributed by atoms with van der Waals surface area (Å²) in [4.78, 5) is 22.9. The second-order valence-electron chi connectivity index (χ2n) is 5.59. The molecule has 0 radical (unpaired) electrons. The SMILES string of the molecule is Cc1cc(C(=O)N2CCN(c3ncc(Cl)cc3Cl)CC2)sc1C. The molecule has 1 fully saturated rings. The van der Waals surface area contributed by atoms with Crippen molar-refractivity contribution in [2.75, 3.05) is 31.1 Å². The maximum absolute atomic E-state index is 12.6. The molecule has 1 saturated heterocycles. The first-order valence-corrected chi connectivity index (χ1v) is 8.95. The minimum atomic E-state index is 0.112. The Hall–Kier alpha value is -1.30. The van der Waals surface area contributed by atoms with Gasteiger partial charge in [0.2, 0.25) is 0 Å². The van der Waals surface area contributed by atoms with Crippen molar-refractivity contribution in [1.82, 2.24) is 9.88 Å². The van der Waals surface area contributed by atoms with E-state index < -0.39 is 0 Å². The van der Waals surface area contributed by atoms with E-state index in [1.54, 1.807) is 23.6 Å². The summed E-state index contributed by atoms with van der Waals surface area (Å²) in [6.45, 7) is 6.83. The number of halogens is 2. The Labute approximate surface area is 149 Å². The van der Waals surface area contributed by atoms with Crippen molar-refractivity contribution >= 4 is 46.3 Å². The molecule has 0 unspecified atom stereocenters. The minimum absolute atomic E-state index is 0.112. The lowest BCUT2D eigenvalue weighted by Crippen LogP contribution is -2.49. The van der Waals surface area contributed by atoms with Crippen molar-refractivity contribution in [1.29, 1.82) is 0 Å². The lowest BCUT2D eigenvalue weighted by Gasteiger charge is -2.35. The van der Waals surface area contributed by atoms with E-state index in [-0.39, 0.29) is 5.91 Å². The zero-order valence-corrected chi connectivity index (χ0v) is 15.3. The van der Waals surface area contributed by atoms with Crippen LogP contribution >= 0.6 is 34.5 Å². The van der Waals surface area contributed by atoms with E-state index in [0.717, 1.165) is 10.7 Å². The number of carbonyl (C=O) groups is 1. The zero-order chi connectivity index (χ0) is 16.6. The molecule has 0 aromatic carbocycles. The molecule has 2 aromatic heterocycles. The van der Waals surface area contributed by atoms with Crippen LogP contribution in [-0.4, -0.2) is 42.0 Å². The normalized spacial score (nSPS) is 15.1. The number of pyridine rings is 1. The Kier molecular flexibility index (Phi) is 4.80. The second-order valence-corrected chi connectivity index (χ2v) is 7.69. The lowest BCUT2D eigenvalue weighted by atomic mass is 10.2. The molecule has 1 aliphatic heterocycles. The van der Waals surface area contributed by atoms with Crippen molar-refractivity contribution in [3.05, 3.63) is 43.7 Å². The van der Waals surface area contributed by atoms with Crippen LogP contribution in [0.1, 0.15) is 20.1 Å². The van der Waals surface area contributed by atoms with Gasteiger partial charge in [-0.25, -0.2) is 4.98 Å². The van der Waals surface area contributed by atoms with Gasteiger partial charge in [-0.05, 0) is 31.5 Å². The molecule has 23 heavy (non-hydrogen) atoms. The van der Waals surface area contributed by atoms with Gasteiger partial charge in [0.1, 0.15) is 5.82 Å². The molecule has 122 valence electrons. The maximum atomic E-state index is 12.6. The molecule has 4 nitrogen and oxygen atoms in total. The van der Waals surface area contributed by atoms with E-state index in [1.165, 1.54) is 10.4 Å². The smallest absolute Gasteiger partial charge is 0.264 e. The summed E-state index contributed by atoms with van der Waals surface area (Å²) in [5, 5.41) is 1.07. The number of aryl methyl sites for hydroxylation is 2. The molecular weight excluding hydrogens is 353 g/mol. The number of rotatable bonds is 2. The molecular formula is C16H17Cl2N3OS. The third-order valence-corrected chi connectivity index (χ3v) is 5.66. The lowest BCUT2D eigenvalue weighted by molar-refractivity contribution is 0.0751. The van der Waals surface area contributed by atoms with Crippen LogP contribution in [0.2, 0.25) is 10.0 Å². The highest BCUT2D eigenvalue weighted by molar-refractivity contribution is 7.14. The molecule has 3 heterocycles. The van der Waals surface area contributed by atoms with E-state index in [9.17, 15) is 4.79 Å². The summed E-state index contributed by atoms with van der Waals surface area (Å²) >= 11 is 13.7. The van der Waals surface area contributed by atoms with Crippen LogP contribution in [-0.2, 0) is 0 Å². The predicted molar refractivity (Wildman–Crippen MR) is 96.2 cm³/mol. The van der Waals surface area contributed by atoms with Crippen molar-refractivity contribution in [3.63, 3.8) is 0 Å². The molecule has 1 aliphatic rings. The summed E-state index contributed by atoms with van der Waals surface area (Å²) in [5.41, 5.74) is 1.18. The molecule has 3 rings (SSSR count). The first kappa shape index (κ1) is 16.6. The third kappa shape index (κ3) is 3.47. The van der Waals surface area contributed by atoms with Crippen LogP contribution in [0.3, 0.4) is 0 Å². The van der Waals surface area contributed by atoms with E-state index in [0.29, 0.717) is 36.2 Å². The van der Waals surface area contributed by atoms with Crippen molar-refractivity contribution in [3.8, 4) is 0 Å². The average Bonchev–Trinajstić information content (AvgIpc) is 2.86. The Balaban J connectivity index is 1.67. The fourth-order valence-corrected chi connectivity index (χ4v) is 4.10. The Morgan fingerprint density at radius 2 is 1.87 bits per heavy atom. The topological polar surface area (TPSA) is 36.4 Å². The van der Waals surface area contributed by atoms with E-state index in [1.807, 2.05) is 24.8 Å². The maximum Gasteiger partial charge on any atom is 0.264 e. The van der Waals surface area contributed by atoms with Gasteiger partial charge in [-0.3, -0.25) is 4.79 Å². The second kappa shape index (κ2) is 6.67. The van der Waals surface area contributed by atoms with Crippen molar-refractivity contribution in [2.24, 2.45) is 0 Å². The number of hydrogen-bond donors (Lipinski definition) is 0. The number of piperazine rings is 1. The first-order chi connectivity index (χ1) is 11.0. The van der Waals surface area contributed by atoms with Gasteiger partial charge in [0, 0.05) is 37.3 Å². The molecule has 0 bridgehead atoms. The quantitative estimate of drug-likeness (QED) is 0.801. The number of thiophene rings is 1. The van der Waals surface area contributed by atoms with Gasteiger partial charge in [0.15, 0.2) is 0 Å². The number of nitrogens with zero attached hydrogens (tertiary/aromatic N) is 3. The number of anilines is 1. The monoisotopic (exact) mass is 369 g/mol. The molecule has 0 atom stereocenters. The fourth-order valence-electron chi connectivity index (χ4n) is 2.60. The van der Waals surface area contributed by atoms with E-state index >= 15 is 0 Å². The number of hydrogen-bond acceptors (Lipinski definition) is 4. The Bertz CT molecular complexity index is 719. The predicted octanol–water partition coefficient (Wildman–Crippen LogP) is 4.03. The molecule has 2 aromatic rings. The van der Waals surface area contributed by atoms with Crippen LogP contribution in [0.15, 0.2) is 18.3 Å². The fraction of sp³-hybridized carbons (Fsp3) is 0.375. The minimum Gasteiger partial charge on any atom is -0.352 e. The molecule has 7 heteroatoms. The van der Waals surface area contributed by atoms with Crippen LogP contribution < -0.4 is 4.90 Å². The standard InChI is InChI=1S/C16H17Cl2N3OS/c1-10-7-14(23-11(10)2)16(22)21-5-3-20(4-6-21)15-13(18)8-12(17)9-19-15/h7-9H,3-6H2,1-2H3. The molecule has 0 saturated carbocycles. The van der Waals surface area contributed by atoms with E-state index in [4.69, 9.17) is 23.2 Å². The summed E-state index contributed by atoms with van der Waals surface area (Å²) in [6, 6.07) is 3.67. The molecule has 1 amide bonds. The number of amides is 1. The van der Waals surface area contributed by atoms with Crippen molar-refractivity contribution < 1.29 is 4.79 Å². The van der Waals surface area contributed by atoms with Crippen molar-refractivity contribution in [2.45, 2.75) is 13.8 Å². The van der Waals surface area contributed by atoms with Gasteiger partial charge >= 0.3 is 0 Å². The highest BCUT2D eigenvalue weighted by Gasteiger charge is 2.25. The first-order valence-electron chi connectivity index (χ1n) is 7.38. The summed E-state index contributed by atoms with van der Waals surface area (Å²) in [5.74, 6) is 0.840. The summed E-state index contributed by atoms with van der Waals surface area (Å²) in [7, 11) is 0. The summed E-state index contributed by atoms with van der Waals surface area (Å²) < 4.78 is 0. The van der Waals surface area contributed by atoms with Gasteiger partial charge in [-0.1, -0.05) is 23.2 Å². The largest absolute Gasteiger partial charge is 0.352 e. The average molecular weight is 370 g/mol. The molecule has 0 aliphatic carbocycles. The molecule has 0 N–H and O–H groups in total. The number of aromatic nitrogens is 1. The zero-order valence-electron chi connectivity index (χ0n) is 13.0. The van der Waals surface area contributed by atoms with Gasteiger partial charge in [-0.15, -0.1) is 11.3 Å². The van der Waals surface area contributed by atoms with Crippen LogP contribution in [0.5, 0.6) is 0 Å². The van der Waals surface area contributed by atoms with Crippen LogP contribution in [0, 0.1) is 13.8 Å².